The smallest absolute Gasteiger partial charge is 0.267 e. The molecule has 0 atom stereocenters. The SMILES string of the molecule is CCCc1nnsc1C(=O)N1CCN(C2CNC2)CC1. The van der Waals surface area contributed by atoms with Crippen LogP contribution < -0.4 is 5.32 Å². The van der Waals surface area contributed by atoms with Crippen LogP contribution >= 0.6 is 11.5 Å². The fourth-order valence-electron chi connectivity index (χ4n) is 2.74. The molecule has 1 aromatic rings. The Balaban J connectivity index is 1.59. The average Bonchev–Trinajstić information content (AvgIpc) is 2.86. The number of aryl methyl sites for hydroxylation is 1. The van der Waals surface area contributed by atoms with Crippen molar-refractivity contribution in [3.05, 3.63) is 10.6 Å². The highest BCUT2D eigenvalue weighted by molar-refractivity contribution is 7.08. The maximum Gasteiger partial charge on any atom is 0.267 e. The molecule has 0 radical (unpaired) electrons. The molecule has 0 spiro atoms. The number of hydrogen-bond donors (Lipinski definition) is 1. The first-order chi connectivity index (χ1) is 9.79. The van der Waals surface area contributed by atoms with Crippen molar-refractivity contribution in [1.82, 2.24) is 24.7 Å². The summed E-state index contributed by atoms with van der Waals surface area (Å²) in [7, 11) is 0. The van der Waals surface area contributed by atoms with E-state index in [1.165, 1.54) is 11.5 Å². The number of rotatable bonds is 4. The normalized spacial score (nSPS) is 20.9. The molecule has 0 saturated carbocycles. The van der Waals surface area contributed by atoms with E-state index >= 15 is 0 Å². The van der Waals surface area contributed by atoms with Crippen molar-refractivity contribution < 1.29 is 4.79 Å². The molecule has 1 N–H and O–H groups in total. The first kappa shape index (κ1) is 13.9. The molecule has 2 saturated heterocycles. The van der Waals surface area contributed by atoms with E-state index in [2.05, 4.69) is 26.7 Å². The molecule has 0 unspecified atom stereocenters. The Kier molecular flexibility index (Phi) is 4.28. The van der Waals surface area contributed by atoms with E-state index in [1.807, 2.05) is 4.90 Å². The molecule has 3 heterocycles. The average molecular weight is 295 g/mol. The molecule has 1 amide bonds. The van der Waals surface area contributed by atoms with Gasteiger partial charge in [0.15, 0.2) is 0 Å². The van der Waals surface area contributed by atoms with Gasteiger partial charge in [-0.15, -0.1) is 5.10 Å². The lowest BCUT2D eigenvalue weighted by molar-refractivity contribution is 0.0505. The summed E-state index contributed by atoms with van der Waals surface area (Å²) in [6, 6.07) is 0.674. The third-order valence-electron chi connectivity index (χ3n) is 4.11. The number of hydrogen-bond acceptors (Lipinski definition) is 6. The minimum Gasteiger partial charge on any atom is -0.335 e. The molecule has 110 valence electrons. The molecule has 0 bridgehead atoms. The van der Waals surface area contributed by atoms with Gasteiger partial charge in [-0.2, -0.15) is 0 Å². The zero-order valence-corrected chi connectivity index (χ0v) is 12.7. The van der Waals surface area contributed by atoms with Crippen LogP contribution in [-0.4, -0.2) is 70.6 Å². The fourth-order valence-corrected chi connectivity index (χ4v) is 3.41. The first-order valence-corrected chi connectivity index (χ1v) is 8.12. The van der Waals surface area contributed by atoms with Crippen molar-refractivity contribution in [2.75, 3.05) is 39.3 Å². The van der Waals surface area contributed by atoms with Gasteiger partial charge in [-0.05, 0) is 18.0 Å². The molecular formula is C13H21N5OS. The Labute approximate surface area is 123 Å². The van der Waals surface area contributed by atoms with Crippen LogP contribution in [0.15, 0.2) is 0 Å². The minimum absolute atomic E-state index is 0.120. The van der Waals surface area contributed by atoms with Gasteiger partial charge in [0, 0.05) is 45.3 Å². The van der Waals surface area contributed by atoms with Crippen LogP contribution in [0.3, 0.4) is 0 Å². The van der Waals surface area contributed by atoms with E-state index in [0.717, 1.165) is 62.7 Å². The molecule has 0 aliphatic carbocycles. The van der Waals surface area contributed by atoms with E-state index in [0.29, 0.717) is 6.04 Å². The second-order valence-corrected chi connectivity index (χ2v) is 6.19. The quantitative estimate of drug-likeness (QED) is 0.861. The van der Waals surface area contributed by atoms with Crippen LogP contribution in [0.2, 0.25) is 0 Å². The van der Waals surface area contributed by atoms with Gasteiger partial charge in [-0.3, -0.25) is 9.69 Å². The summed E-state index contributed by atoms with van der Waals surface area (Å²) < 4.78 is 3.95. The molecular weight excluding hydrogens is 274 g/mol. The number of carbonyl (C=O) groups is 1. The maximum absolute atomic E-state index is 12.5. The topological polar surface area (TPSA) is 61.4 Å². The van der Waals surface area contributed by atoms with Crippen molar-refractivity contribution in [2.45, 2.75) is 25.8 Å². The Hall–Kier alpha value is -1.05. The third kappa shape index (κ3) is 2.70. The Morgan fingerprint density at radius 2 is 2.10 bits per heavy atom. The van der Waals surface area contributed by atoms with E-state index < -0.39 is 0 Å². The van der Waals surface area contributed by atoms with Crippen LogP contribution in [-0.2, 0) is 6.42 Å². The third-order valence-corrected chi connectivity index (χ3v) is 4.87. The highest BCUT2D eigenvalue weighted by Crippen LogP contribution is 2.17. The van der Waals surface area contributed by atoms with Gasteiger partial charge < -0.3 is 10.2 Å². The summed E-state index contributed by atoms with van der Waals surface area (Å²) in [6.07, 6.45) is 1.83. The Bertz CT molecular complexity index is 465. The second-order valence-electron chi connectivity index (χ2n) is 5.44. The van der Waals surface area contributed by atoms with E-state index in [9.17, 15) is 4.79 Å². The summed E-state index contributed by atoms with van der Waals surface area (Å²) >= 11 is 1.24. The highest BCUT2D eigenvalue weighted by atomic mass is 32.1. The summed E-state index contributed by atoms with van der Waals surface area (Å²) in [5.74, 6) is 0.120. The fraction of sp³-hybridized carbons (Fsp3) is 0.769. The Morgan fingerprint density at radius 1 is 1.35 bits per heavy atom. The first-order valence-electron chi connectivity index (χ1n) is 7.35. The molecule has 2 aliphatic rings. The number of carbonyl (C=O) groups excluding carboxylic acids is 1. The largest absolute Gasteiger partial charge is 0.335 e. The molecule has 3 rings (SSSR count). The lowest BCUT2D eigenvalue weighted by Crippen LogP contribution is -2.62. The van der Waals surface area contributed by atoms with Crippen LogP contribution in [0.1, 0.15) is 28.7 Å². The van der Waals surface area contributed by atoms with Gasteiger partial charge in [0.2, 0.25) is 0 Å². The monoisotopic (exact) mass is 295 g/mol. The van der Waals surface area contributed by atoms with Gasteiger partial charge in [-0.25, -0.2) is 0 Å². The maximum atomic E-state index is 12.5. The van der Waals surface area contributed by atoms with Crippen molar-refractivity contribution in [2.24, 2.45) is 0 Å². The Morgan fingerprint density at radius 3 is 2.70 bits per heavy atom. The molecule has 0 aromatic carbocycles. The van der Waals surface area contributed by atoms with Crippen LogP contribution in [0.5, 0.6) is 0 Å². The molecule has 20 heavy (non-hydrogen) atoms. The number of aromatic nitrogens is 2. The standard InChI is InChI=1S/C13H21N5OS/c1-2-3-11-12(20-16-15-11)13(19)18-6-4-17(5-7-18)10-8-14-9-10/h10,14H,2-9H2,1H3. The number of amides is 1. The predicted molar refractivity (Wildman–Crippen MR) is 78.0 cm³/mol. The predicted octanol–water partition coefficient (Wildman–Crippen LogP) is 0.220. The van der Waals surface area contributed by atoms with Gasteiger partial charge in [-0.1, -0.05) is 17.8 Å². The van der Waals surface area contributed by atoms with Crippen molar-refractivity contribution >= 4 is 17.4 Å². The van der Waals surface area contributed by atoms with Crippen LogP contribution in [0, 0.1) is 0 Å². The molecule has 7 heteroatoms. The highest BCUT2D eigenvalue weighted by Gasteiger charge is 2.30. The zero-order valence-electron chi connectivity index (χ0n) is 11.8. The summed E-state index contributed by atoms with van der Waals surface area (Å²) in [5.41, 5.74) is 0.869. The van der Waals surface area contributed by atoms with Crippen LogP contribution in [0.4, 0.5) is 0 Å². The molecule has 2 fully saturated rings. The van der Waals surface area contributed by atoms with E-state index in [-0.39, 0.29) is 5.91 Å². The molecule has 1 aromatic heterocycles. The minimum atomic E-state index is 0.120. The van der Waals surface area contributed by atoms with Crippen molar-refractivity contribution in [3.63, 3.8) is 0 Å². The van der Waals surface area contributed by atoms with Gasteiger partial charge in [0.05, 0.1) is 5.69 Å². The summed E-state index contributed by atoms with van der Waals surface area (Å²) in [6.45, 7) is 7.87. The van der Waals surface area contributed by atoms with E-state index in [1.54, 1.807) is 0 Å². The molecule has 2 aliphatic heterocycles. The lowest BCUT2D eigenvalue weighted by atomic mass is 10.1. The lowest BCUT2D eigenvalue weighted by Gasteiger charge is -2.43. The van der Waals surface area contributed by atoms with Gasteiger partial charge in [0.1, 0.15) is 4.88 Å². The number of piperazine rings is 1. The van der Waals surface area contributed by atoms with Crippen molar-refractivity contribution in [3.8, 4) is 0 Å². The van der Waals surface area contributed by atoms with Gasteiger partial charge in [0.25, 0.3) is 5.91 Å². The zero-order chi connectivity index (χ0) is 13.9. The van der Waals surface area contributed by atoms with Crippen molar-refractivity contribution in [1.29, 1.82) is 0 Å². The number of nitrogens with zero attached hydrogens (tertiary/aromatic N) is 4. The number of nitrogens with one attached hydrogen (secondary N) is 1. The van der Waals surface area contributed by atoms with Crippen LogP contribution in [0.25, 0.3) is 0 Å². The summed E-state index contributed by atoms with van der Waals surface area (Å²) in [4.78, 5) is 17.7. The second kappa shape index (κ2) is 6.15. The summed E-state index contributed by atoms with van der Waals surface area (Å²) in [5, 5.41) is 7.39. The van der Waals surface area contributed by atoms with Gasteiger partial charge >= 0.3 is 0 Å². The van der Waals surface area contributed by atoms with E-state index in [4.69, 9.17) is 0 Å². The molecule has 6 nitrogen and oxygen atoms in total.